The Morgan fingerprint density at radius 1 is 1.38 bits per heavy atom. The second kappa shape index (κ2) is 6.35. The summed E-state index contributed by atoms with van der Waals surface area (Å²) in [5, 5.41) is 7.73. The van der Waals surface area contributed by atoms with Crippen LogP contribution in [0, 0.1) is 6.92 Å². The molecule has 0 saturated heterocycles. The molecule has 0 aliphatic heterocycles. The summed E-state index contributed by atoms with van der Waals surface area (Å²) in [5.41, 5.74) is 1.88. The summed E-state index contributed by atoms with van der Waals surface area (Å²) >= 11 is 0. The van der Waals surface area contributed by atoms with Gasteiger partial charge in [0.05, 0.1) is 5.92 Å². The monoisotopic (exact) mass is 286 g/mol. The van der Waals surface area contributed by atoms with Crippen LogP contribution >= 0.6 is 0 Å². The normalized spacial score (nSPS) is 21.8. The summed E-state index contributed by atoms with van der Waals surface area (Å²) in [4.78, 5) is 8.96. The lowest BCUT2D eigenvalue weighted by Crippen LogP contribution is -2.31. The van der Waals surface area contributed by atoms with Crippen molar-refractivity contribution in [3.05, 3.63) is 29.8 Å². The van der Waals surface area contributed by atoms with Gasteiger partial charge in [-0.3, -0.25) is 4.98 Å². The van der Waals surface area contributed by atoms with E-state index in [1.807, 2.05) is 19.1 Å². The van der Waals surface area contributed by atoms with E-state index in [4.69, 9.17) is 4.52 Å². The van der Waals surface area contributed by atoms with E-state index in [9.17, 15) is 0 Å². The Kier molecular flexibility index (Phi) is 4.29. The maximum Gasteiger partial charge on any atom is 0.231 e. The quantitative estimate of drug-likeness (QED) is 0.915. The molecule has 2 atom stereocenters. The minimum Gasteiger partial charge on any atom is -0.339 e. The molecule has 1 N–H and O–H groups in total. The Bertz CT molecular complexity index is 595. The molecule has 21 heavy (non-hydrogen) atoms. The van der Waals surface area contributed by atoms with E-state index in [1.165, 1.54) is 12.8 Å². The fraction of sp³-hybridized carbons (Fsp3) is 0.562. The lowest BCUT2D eigenvalue weighted by molar-refractivity contribution is 0.330. The van der Waals surface area contributed by atoms with Crippen LogP contribution < -0.4 is 5.32 Å². The highest BCUT2D eigenvalue weighted by molar-refractivity contribution is 5.53. The van der Waals surface area contributed by atoms with Crippen LogP contribution in [0.1, 0.15) is 50.0 Å². The molecule has 2 aromatic rings. The zero-order valence-corrected chi connectivity index (χ0v) is 12.7. The summed E-state index contributed by atoms with van der Waals surface area (Å²) in [6.07, 6.45) is 6.42. The van der Waals surface area contributed by atoms with E-state index in [2.05, 4.69) is 27.4 Å². The van der Waals surface area contributed by atoms with Crippen molar-refractivity contribution in [3.63, 3.8) is 0 Å². The molecule has 0 aromatic carbocycles. The maximum absolute atomic E-state index is 5.53. The minimum absolute atomic E-state index is 0.335. The fourth-order valence-electron chi connectivity index (χ4n) is 3.03. The predicted molar refractivity (Wildman–Crippen MR) is 80.9 cm³/mol. The number of nitrogens with zero attached hydrogens (tertiary/aromatic N) is 3. The Hall–Kier alpha value is -1.75. The summed E-state index contributed by atoms with van der Waals surface area (Å²) in [5.74, 6) is 1.69. The third kappa shape index (κ3) is 2.97. The van der Waals surface area contributed by atoms with E-state index >= 15 is 0 Å². The SMILES string of the molecule is CCCNC1CCCC1c1nc(-c2ncccc2C)no1. The Morgan fingerprint density at radius 3 is 3.10 bits per heavy atom. The van der Waals surface area contributed by atoms with Crippen molar-refractivity contribution in [2.75, 3.05) is 6.54 Å². The highest BCUT2D eigenvalue weighted by Crippen LogP contribution is 2.34. The molecule has 1 saturated carbocycles. The Labute approximate surface area is 125 Å². The van der Waals surface area contributed by atoms with Crippen molar-refractivity contribution in [1.82, 2.24) is 20.4 Å². The number of aromatic nitrogens is 3. The predicted octanol–water partition coefficient (Wildman–Crippen LogP) is 3.08. The molecule has 3 rings (SSSR count). The first-order valence-electron chi connectivity index (χ1n) is 7.78. The topological polar surface area (TPSA) is 63.8 Å². The van der Waals surface area contributed by atoms with E-state index in [1.54, 1.807) is 6.20 Å². The second-order valence-electron chi connectivity index (χ2n) is 5.72. The van der Waals surface area contributed by atoms with Crippen molar-refractivity contribution < 1.29 is 4.52 Å². The van der Waals surface area contributed by atoms with Gasteiger partial charge in [0.2, 0.25) is 11.7 Å². The second-order valence-corrected chi connectivity index (χ2v) is 5.72. The largest absolute Gasteiger partial charge is 0.339 e. The summed E-state index contributed by atoms with van der Waals surface area (Å²) in [6.45, 7) is 5.24. The van der Waals surface area contributed by atoms with Gasteiger partial charge in [0.15, 0.2) is 0 Å². The molecular weight excluding hydrogens is 264 g/mol. The highest BCUT2D eigenvalue weighted by Gasteiger charge is 2.32. The number of hydrogen-bond acceptors (Lipinski definition) is 5. The number of aryl methyl sites for hydroxylation is 1. The highest BCUT2D eigenvalue weighted by atomic mass is 16.5. The molecule has 0 spiro atoms. The number of hydrogen-bond donors (Lipinski definition) is 1. The summed E-state index contributed by atoms with van der Waals surface area (Å²) in [7, 11) is 0. The van der Waals surface area contributed by atoms with Crippen LogP contribution in [0.15, 0.2) is 22.9 Å². The van der Waals surface area contributed by atoms with Crippen LogP contribution in [0.2, 0.25) is 0 Å². The smallest absolute Gasteiger partial charge is 0.231 e. The van der Waals surface area contributed by atoms with Gasteiger partial charge < -0.3 is 9.84 Å². The van der Waals surface area contributed by atoms with Gasteiger partial charge in [0, 0.05) is 12.2 Å². The van der Waals surface area contributed by atoms with Gasteiger partial charge in [0.25, 0.3) is 0 Å². The minimum atomic E-state index is 0.335. The van der Waals surface area contributed by atoms with Crippen molar-refractivity contribution in [2.45, 2.75) is 51.5 Å². The number of pyridine rings is 1. The standard InChI is InChI=1S/C16H22N4O/c1-3-9-17-13-8-4-7-12(13)16-19-15(20-21-16)14-11(2)6-5-10-18-14/h5-6,10,12-13,17H,3-4,7-9H2,1-2H3. The molecule has 2 unspecified atom stereocenters. The van der Waals surface area contributed by atoms with Gasteiger partial charge in [-0.15, -0.1) is 0 Å². The average Bonchev–Trinajstić information content (AvgIpc) is 3.14. The van der Waals surface area contributed by atoms with Gasteiger partial charge >= 0.3 is 0 Å². The van der Waals surface area contributed by atoms with Crippen molar-refractivity contribution in [2.24, 2.45) is 0 Å². The molecule has 1 aliphatic rings. The molecule has 2 aromatic heterocycles. The zero-order chi connectivity index (χ0) is 14.7. The van der Waals surface area contributed by atoms with Gasteiger partial charge in [0.1, 0.15) is 5.69 Å². The molecule has 0 radical (unpaired) electrons. The van der Waals surface area contributed by atoms with E-state index < -0.39 is 0 Å². The van der Waals surface area contributed by atoms with Gasteiger partial charge in [-0.1, -0.05) is 24.6 Å². The number of nitrogens with one attached hydrogen (secondary N) is 1. The molecule has 0 amide bonds. The molecule has 2 heterocycles. The van der Waals surface area contributed by atoms with Crippen LogP contribution in [-0.4, -0.2) is 27.7 Å². The Morgan fingerprint density at radius 2 is 2.29 bits per heavy atom. The lowest BCUT2D eigenvalue weighted by atomic mass is 10.0. The average molecular weight is 286 g/mol. The van der Waals surface area contributed by atoms with Gasteiger partial charge in [-0.2, -0.15) is 4.98 Å². The molecule has 5 heteroatoms. The third-order valence-corrected chi connectivity index (χ3v) is 4.15. The van der Waals surface area contributed by atoms with E-state index in [0.717, 1.165) is 36.5 Å². The van der Waals surface area contributed by atoms with Crippen LogP contribution in [0.5, 0.6) is 0 Å². The maximum atomic E-state index is 5.53. The molecule has 112 valence electrons. The van der Waals surface area contributed by atoms with Crippen molar-refractivity contribution >= 4 is 0 Å². The molecule has 1 aliphatic carbocycles. The fourth-order valence-corrected chi connectivity index (χ4v) is 3.03. The summed E-state index contributed by atoms with van der Waals surface area (Å²) < 4.78 is 5.53. The first kappa shape index (κ1) is 14.2. The zero-order valence-electron chi connectivity index (χ0n) is 12.7. The van der Waals surface area contributed by atoms with Crippen molar-refractivity contribution in [3.8, 4) is 11.5 Å². The first-order chi connectivity index (χ1) is 10.3. The van der Waals surface area contributed by atoms with E-state index in [-0.39, 0.29) is 0 Å². The lowest BCUT2D eigenvalue weighted by Gasteiger charge is -2.17. The van der Waals surface area contributed by atoms with Crippen LogP contribution in [0.4, 0.5) is 0 Å². The third-order valence-electron chi connectivity index (χ3n) is 4.15. The molecule has 1 fully saturated rings. The molecular formula is C16H22N4O. The molecule has 5 nitrogen and oxygen atoms in total. The van der Waals surface area contributed by atoms with Crippen LogP contribution in [0.25, 0.3) is 11.5 Å². The van der Waals surface area contributed by atoms with Gasteiger partial charge in [-0.05, 0) is 44.4 Å². The van der Waals surface area contributed by atoms with Crippen LogP contribution in [-0.2, 0) is 0 Å². The van der Waals surface area contributed by atoms with E-state index in [0.29, 0.717) is 17.8 Å². The Balaban J connectivity index is 1.80. The summed E-state index contributed by atoms with van der Waals surface area (Å²) in [6, 6.07) is 4.39. The van der Waals surface area contributed by atoms with Gasteiger partial charge in [-0.25, -0.2) is 0 Å². The first-order valence-corrected chi connectivity index (χ1v) is 7.78. The molecule has 0 bridgehead atoms. The van der Waals surface area contributed by atoms with Crippen LogP contribution in [0.3, 0.4) is 0 Å². The van der Waals surface area contributed by atoms with Crippen molar-refractivity contribution in [1.29, 1.82) is 0 Å². The number of rotatable bonds is 5.